The first-order valence-corrected chi connectivity index (χ1v) is 11.1. The fraction of sp³-hybridized carbons (Fsp3) is 0.259. The Hall–Kier alpha value is -3.74. The maximum absolute atomic E-state index is 14.1. The van der Waals surface area contributed by atoms with Crippen LogP contribution < -0.4 is 0 Å². The molecule has 176 valence electrons. The van der Waals surface area contributed by atoms with Crippen LogP contribution in [0.4, 0.5) is 13.6 Å². The monoisotopic (exact) mass is 465 g/mol. The number of rotatable bonds is 7. The molecule has 7 heteroatoms. The molecule has 4 rings (SSSR count). The van der Waals surface area contributed by atoms with Gasteiger partial charge in [-0.15, -0.1) is 0 Å². The second-order valence-electron chi connectivity index (χ2n) is 8.49. The van der Waals surface area contributed by atoms with Gasteiger partial charge in [-0.3, -0.25) is 4.79 Å². The van der Waals surface area contributed by atoms with Crippen molar-refractivity contribution >= 4 is 12.1 Å². The van der Waals surface area contributed by atoms with Gasteiger partial charge in [0.05, 0.1) is 6.04 Å². The number of benzene rings is 3. The molecule has 0 saturated carbocycles. The molecule has 1 amide bonds. The van der Waals surface area contributed by atoms with Crippen molar-refractivity contribution in [1.29, 1.82) is 0 Å². The normalized spacial score (nSPS) is 18.9. The van der Waals surface area contributed by atoms with Gasteiger partial charge in [0.2, 0.25) is 0 Å². The van der Waals surface area contributed by atoms with E-state index in [1.165, 1.54) is 12.1 Å². The van der Waals surface area contributed by atoms with Crippen LogP contribution >= 0.6 is 0 Å². The lowest BCUT2D eigenvalue weighted by molar-refractivity contribution is -0.139. The molecule has 0 aliphatic carbocycles. The molecule has 34 heavy (non-hydrogen) atoms. The zero-order valence-corrected chi connectivity index (χ0v) is 18.7. The Morgan fingerprint density at radius 3 is 2.41 bits per heavy atom. The van der Waals surface area contributed by atoms with E-state index in [-0.39, 0.29) is 18.9 Å². The van der Waals surface area contributed by atoms with E-state index < -0.39 is 29.3 Å². The third kappa shape index (κ3) is 4.78. The molecule has 0 bridgehead atoms. The highest BCUT2D eigenvalue weighted by Crippen LogP contribution is 2.40. The second-order valence-corrected chi connectivity index (χ2v) is 8.49. The predicted octanol–water partition coefficient (Wildman–Crippen LogP) is 6.30. The number of ether oxygens (including phenoxy) is 1. The number of hydrogen-bond donors (Lipinski definition) is 1. The van der Waals surface area contributed by atoms with E-state index >= 15 is 0 Å². The van der Waals surface area contributed by atoms with Crippen LogP contribution in [0.15, 0.2) is 72.8 Å². The highest BCUT2D eigenvalue weighted by atomic mass is 19.1. The maximum Gasteiger partial charge on any atom is 0.411 e. The summed E-state index contributed by atoms with van der Waals surface area (Å²) in [6.07, 6.45) is 0.0260. The molecular formula is C27H25F2NO4. The summed E-state index contributed by atoms with van der Waals surface area (Å²) in [6, 6.07) is 19.5. The van der Waals surface area contributed by atoms with Crippen molar-refractivity contribution in [3.05, 3.63) is 95.6 Å². The van der Waals surface area contributed by atoms with Gasteiger partial charge in [-0.2, -0.15) is 0 Å². The lowest BCUT2D eigenvalue weighted by Crippen LogP contribution is -2.48. The number of carbonyl (C=O) groups is 2. The molecule has 2 atom stereocenters. The topological polar surface area (TPSA) is 66.8 Å². The average Bonchev–Trinajstić information content (AvgIpc) is 2.83. The Kier molecular flexibility index (Phi) is 6.63. The number of carbonyl (C=O) groups excluding carboxylic acids is 1. The largest absolute Gasteiger partial charge is 0.481 e. The van der Waals surface area contributed by atoms with Crippen molar-refractivity contribution in [3.8, 4) is 11.1 Å². The minimum absolute atomic E-state index is 0.112. The van der Waals surface area contributed by atoms with Crippen molar-refractivity contribution in [2.24, 2.45) is 0 Å². The Balaban J connectivity index is 1.52. The van der Waals surface area contributed by atoms with Crippen LogP contribution in [0.2, 0.25) is 0 Å². The molecule has 1 unspecified atom stereocenters. The molecule has 1 fully saturated rings. The Morgan fingerprint density at radius 1 is 1.09 bits per heavy atom. The van der Waals surface area contributed by atoms with Gasteiger partial charge in [0, 0.05) is 37.4 Å². The summed E-state index contributed by atoms with van der Waals surface area (Å²) >= 11 is 0. The number of aliphatic carboxylic acids is 1. The number of amides is 1. The lowest BCUT2D eigenvalue weighted by atomic mass is 9.84. The van der Waals surface area contributed by atoms with Gasteiger partial charge in [0.25, 0.3) is 0 Å². The van der Waals surface area contributed by atoms with E-state index in [1.807, 2.05) is 37.3 Å². The minimum Gasteiger partial charge on any atom is -0.481 e. The zero-order valence-electron chi connectivity index (χ0n) is 18.7. The molecule has 3 aromatic rings. The van der Waals surface area contributed by atoms with Gasteiger partial charge in [-0.1, -0.05) is 54.6 Å². The fourth-order valence-electron chi connectivity index (χ4n) is 4.44. The van der Waals surface area contributed by atoms with Crippen molar-refractivity contribution < 1.29 is 28.2 Å². The number of halogens is 2. The summed E-state index contributed by atoms with van der Waals surface area (Å²) in [5, 5.41) is 9.20. The van der Waals surface area contributed by atoms with Crippen LogP contribution in [0.25, 0.3) is 11.1 Å². The lowest BCUT2D eigenvalue weighted by Gasteiger charge is -2.43. The SMILES string of the molecule is C[C@@H](c1ccc(-c2ccc(F)cc2F)cc1)N1CCC(CCC(=O)O)(c2ccccc2)OC1=O. The van der Waals surface area contributed by atoms with Gasteiger partial charge < -0.3 is 14.7 Å². The first-order valence-electron chi connectivity index (χ1n) is 11.1. The van der Waals surface area contributed by atoms with Gasteiger partial charge in [0.1, 0.15) is 17.2 Å². The van der Waals surface area contributed by atoms with Crippen LogP contribution in [0.5, 0.6) is 0 Å². The maximum atomic E-state index is 14.1. The van der Waals surface area contributed by atoms with Crippen LogP contribution in [0.3, 0.4) is 0 Å². The third-order valence-corrected chi connectivity index (χ3v) is 6.42. The number of carboxylic acids is 1. The molecule has 1 aliphatic heterocycles. The molecule has 3 aromatic carbocycles. The smallest absolute Gasteiger partial charge is 0.411 e. The Bertz CT molecular complexity index is 1180. The molecule has 0 spiro atoms. The quantitative estimate of drug-likeness (QED) is 0.445. The highest BCUT2D eigenvalue weighted by molar-refractivity contribution is 5.71. The van der Waals surface area contributed by atoms with Crippen molar-refractivity contribution in [1.82, 2.24) is 4.90 Å². The summed E-state index contributed by atoms with van der Waals surface area (Å²) < 4.78 is 33.2. The molecule has 0 radical (unpaired) electrons. The second kappa shape index (κ2) is 9.63. The third-order valence-electron chi connectivity index (χ3n) is 6.42. The Morgan fingerprint density at radius 2 is 1.79 bits per heavy atom. The average molecular weight is 465 g/mol. The van der Waals surface area contributed by atoms with Crippen molar-refractivity contribution in [3.63, 3.8) is 0 Å². The highest BCUT2D eigenvalue weighted by Gasteiger charge is 2.43. The van der Waals surface area contributed by atoms with E-state index in [9.17, 15) is 23.5 Å². The zero-order chi connectivity index (χ0) is 24.3. The summed E-state index contributed by atoms with van der Waals surface area (Å²) in [6.45, 7) is 2.27. The predicted molar refractivity (Wildman–Crippen MR) is 123 cm³/mol. The van der Waals surface area contributed by atoms with E-state index in [0.717, 1.165) is 17.2 Å². The molecule has 0 aromatic heterocycles. The standard InChI is InChI=1S/C27H25F2NO4/c1-18(19-7-9-20(10-8-19)23-12-11-22(28)17-24(23)29)30-16-15-27(34-26(30)33,14-13-25(31)32)21-5-3-2-4-6-21/h2-12,17-18H,13-16H2,1H3,(H,31,32)/t18-,27?/m0/s1. The van der Waals surface area contributed by atoms with Gasteiger partial charge in [-0.25, -0.2) is 13.6 Å². The molecule has 1 saturated heterocycles. The first-order chi connectivity index (χ1) is 16.3. The van der Waals surface area contributed by atoms with Crippen molar-refractivity contribution in [2.75, 3.05) is 6.54 Å². The Labute approximate surface area is 196 Å². The van der Waals surface area contributed by atoms with E-state index in [1.54, 1.807) is 29.2 Å². The fourth-order valence-corrected chi connectivity index (χ4v) is 4.44. The van der Waals surface area contributed by atoms with E-state index in [2.05, 4.69) is 0 Å². The molecule has 1 aliphatic rings. The summed E-state index contributed by atoms with van der Waals surface area (Å²) in [4.78, 5) is 25.9. The number of nitrogens with zero attached hydrogens (tertiary/aromatic N) is 1. The molecule has 5 nitrogen and oxygen atoms in total. The van der Waals surface area contributed by atoms with Crippen LogP contribution in [-0.4, -0.2) is 28.6 Å². The van der Waals surface area contributed by atoms with Crippen molar-refractivity contribution in [2.45, 2.75) is 37.8 Å². The molecule has 1 N–H and O–H groups in total. The van der Waals surface area contributed by atoms with Gasteiger partial charge >= 0.3 is 12.1 Å². The first kappa shape index (κ1) is 23.4. The number of cyclic esters (lactones) is 1. The van der Waals surface area contributed by atoms with Crippen LogP contribution in [-0.2, 0) is 15.1 Å². The molecular weight excluding hydrogens is 440 g/mol. The number of hydrogen-bond acceptors (Lipinski definition) is 3. The summed E-state index contributed by atoms with van der Waals surface area (Å²) in [5.41, 5.74) is 1.52. The van der Waals surface area contributed by atoms with Gasteiger partial charge in [-0.05, 0) is 35.7 Å². The van der Waals surface area contributed by atoms with Gasteiger partial charge in [0.15, 0.2) is 0 Å². The van der Waals surface area contributed by atoms with Crippen LogP contribution in [0, 0.1) is 11.6 Å². The summed E-state index contributed by atoms with van der Waals surface area (Å²) in [5.74, 6) is -2.22. The minimum atomic E-state index is -0.989. The number of carboxylic acid groups (broad SMARTS) is 1. The summed E-state index contributed by atoms with van der Waals surface area (Å²) in [7, 11) is 0. The van der Waals surface area contributed by atoms with E-state index in [4.69, 9.17) is 4.74 Å². The van der Waals surface area contributed by atoms with Crippen LogP contribution in [0.1, 0.15) is 43.4 Å². The van der Waals surface area contributed by atoms with E-state index in [0.29, 0.717) is 24.1 Å². The molecule has 1 heterocycles.